The van der Waals surface area contributed by atoms with Crippen molar-refractivity contribution in [1.29, 1.82) is 0 Å². The summed E-state index contributed by atoms with van der Waals surface area (Å²) in [6.07, 6.45) is 2.65. The summed E-state index contributed by atoms with van der Waals surface area (Å²) in [5, 5.41) is 6.05. The predicted octanol–water partition coefficient (Wildman–Crippen LogP) is 3.26. The zero-order chi connectivity index (χ0) is 11.5. The molecule has 1 fully saturated rings. The summed E-state index contributed by atoms with van der Waals surface area (Å²) in [6, 6.07) is 10.8. The summed E-state index contributed by atoms with van der Waals surface area (Å²) in [7, 11) is 0. The van der Waals surface area contributed by atoms with Gasteiger partial charge in [0.25, 0.3) is 0 Å². The maximum absolute atomic E-state index is 3.48. The minimum absolute atomic E-state index is 0.882. The average molecular weight is 246 g/mol. The summed E-state index contributed by atoms with van der Waals surface area (Å²) in [6.45, 7) is 2.38. The first-order chi connectivity index (χ1) is 8.42. The molecule has 2 N–H and O–H groups in total. The van der Waals surface area contributed by atoms with Gasteiger partial charge in [-0.3, -0.25) is 0 Å². The normalized spacial score (nSPS) is 17.6. The van der Waals surface area contributed by atoms with Crippen LogP contribution in [-0.2, 0) is 0 Å². The Kier molecular flexibility index (Phi) is 3.39. The van der Waals surface area contributed by atoms with E-state index in [9.17, 15) is 0 Å². The lowest BCUT2D eigenvalue weighted by Crippen LogP contribution is -2.28. The van der Waals surface area contributed by atoms with Gasteiger partial charge in [-0.15, -0.1) is 11.8 Å². The van der Waals surface area contributed by atoms with Gasteiger partial charge in [0, 0.05) is 16.7 Å². The smallest absolute Gasteiger partial charge is 0.0732 e. The first-order valence-electron chi connectivity index (χ1n) is 6.33. The molecule has 3 rings (SSSR count). The number of H-pyrrole nitrogens is 1. The van der Waals surface area contributed by atoms with E-state index in [1.807, 2.05) is 11.8 Å². The van der Waals surface area contributed by atoms with Crippen LogP contribution in [0.15, 0.2) is 35.4 Å². The van der Waals surface area contributed by atoms with E-state index < -0.39 is 0 Å². The number of nitrogens with one attached hydrogen (secondary N) is 2. The summed E-state index contributed by atoms with van der Waals surface area (Å²) in [5.74, 6) is 2.13. The van der Waals surface area contributed by atoms with Crippen LogP contribution in [0.2, 0.25) is 0 Å². The van der Waals surface area contributed by atoms with Gasteiger partial charge in [0.2, 0.25) is 0 Å². The lowest BCUT2D eigenvalue weighted by molar-refractivity contribution is 0.408. The molecule has 0 atom stereocenters. The van der Waals surface area contributed by atoms with E-state index in [1.165, 1.54) is 47.6 Å². The Morgan fingerprint density at radius 1 is 1.18 bits per heavy atom. The molecule has 1 aliphatic heterocycles. The van der Waals surface area contributed by atoms with Crippen molar-refractivity contribution >= 4 is 22.7 Å². The van der Waals surface area contributed by atoms with Crippen LogP contribution >= 0.6 is 11.8 Å². The molecular formula is C14H18N2S. The highest BCUT2D eigenvalue weighted by Gasteiger charge is 2.13. The van der Waals surface area contributed by atoms with Gasteiger partial charge >= 0.3 is 0 Å². The van der Waals surface area contributed by atoms with Crippen molar-refractivity contribution in [1.82, 2.24) is 10.3 Å². The van der Waals surface area contributed by atoms with Crippen molar-refractivity contribution in [2.24, 2.45) is 5.92 Å². The highest BCUT2D eigenvalue weighted by atomic mass is 32.2. The molecule has 2 nitrogen and oxygen atoms in total. The average Bonchev–Trinajstić information content (AvgIpc) is 2.80. The van der Waals surface area contributed by atoms with Gasteiger partial charge in [0.05, 0.1) is 5.03 Å². The molecule has 17 heavy (non-hydrogen) atoms. The first kappa shape index (κ1) is 11.2. The van der Waals surface area contributed by atoms with Gasteiger partial charge < -0.3 is 10.3 Å². The molecule has 90 valence electrons. The van der Waals surface area contributed by atoms with Gasteiger partial charge in [-0.25, -0.2) is 0 Å². The highest BCUT2D eigenvalue weighted by Crippen LogP contribution is 2.27. The predicted molar refractivity (Wildman–Crippen MR) is 74.6 cm³/mol. The van der Waals surface area contributed by atoms with Crippen molar-refractivity contribution < 1.29 is 0 Å². The number of fused-ring (bicyclic) bond motifs is 1. The van der Waals surface area contributed by atoms with E-state index in [0.29, 0.717) is 0 Å². The Morgan fingerprint density at radius 3 is 2.82 bits per heavy atom. The number of hydrogen-bond donors (Lipinski definition) is 2. The molecule has 2 aromatic rings. The highest BCUT2D eigenvalue weighted by molar-refractivity contribution is 7.99. The molecule has 1 aromatic carbocycles. The second-order valence-electron chi connectivity index (χ2n) is 4.73. The molecule has 1 aliphatic rings. The van der Waals surface area contributed by atoms with E-state index in [0.717, 1.165) is 5.92 Å². The number of aromatic nitrogens is 1. The third-order valence-corrected chi connectivity index (χ3v) is 4.61. The zero-order valence-electron chi connectivity index (χ0n) is 9.91. The fraction of sp³-hybridized carbons (Fsp3) is 0.429. The fourth-order valence-corrected chi connectivity index (χ4v) is 3.52. The Morgan fingerprint density at radius 2 is 2.00 bits per heavy atom. The maximum Gasteiger partial charge on any atom is 0.0732 e. The van der Waals surface area contributed by atoms with E-state index in [2.05, 4.69) is 40.6 Å². The van der Waals surface area contributed by atoms with Gasteiger partial charge in [-0.1, -0.05) is 18.2 Å². The Balaban J connectivity index is 1.64. The minimum atomic E-state index is 0.882. The number of para-hydroxylation sites is 1. The third kappa shape index (κ3) is 2.67. The number of rotatable bonds is 3. The lowest BCUT2D eigenvalue weighted by Gasteiger charge is -2.21. The summed E-state index contributed by atoms with van der Waals surface area (Å²) < 4.78 is 0. The Hall–Kier alpha value is -0.930. The molecule has 0 radical (unpaired) electrons. The molecule has 2 heterocycles. The lowest BCUT2D eigenvalue weighted by atomic mass is 10.0. The fourth-order valence-electron chi connectivity index (χ4n) is 2.38. The molecular weight excluding hydrogens is 228 g/mol. The molecule has 1 aromatic heterocycles. The van der Waals surface area contributed by atoms with Crippen LogP contribution in [0.5, 0.6) is 0 Å². The first-order valence-corrected chi connectivity index (χ1v) is 7.31. The second kappa shape index (κ2) is 5.15. The van der Waals surface area contributed by atoms with Crippen LogP contribution in [0, 0.1) is 5.92 Å². The van der Waals surface area contributed by atoms with Gasteiger partial charge in [-0.05, 0) is 44.0 Å². The summed E-state index contributed by atoms with van der Waals surface area (Å²) >= 11 is 1.97. The standard InChI is InChI=1S/C14H18N2S/c1-2-4-13-12(3-1)9-14(16-13)17-10-11-5-7-15-8-6-11/h1-4,9,11,15-16H,5-8,10H2. The second-order valence-corrected chi connectivity index (χ2v) is 5.79. The van der Waals surface area contributed by atoms with Crippen LogP contribution < -0.4 is 5.32 Å². The molecule has 0 spiro atoms. The SMILES string of the molecule is c1ccc2[nH]c(SCC3CCNCC3)cc2c1. The Labute approximate surface area is 106 Å². The summed E-state index contributed by atoms with van der Waals surface area (Å²) in [4.78, 5) is 3.48. The molecule has 3 heteroatoms. The van der Waals surface area contributed by atoms with Crippen LogP contribution in [0.25, 0.3) is 10.9 Å². The topological polar surface area (TPSA) is 27.8 Å². The molecule has 0 saturated carbocycles. The molecule has 0 aliphatic carbocycles. The van der Waals surface area contributed by atoms with E-state index in [-0.39, 0.29) is 0 Å². The van der Waals surface area contributed by atoms with Crippen molar-refractivity contribution in [3.8, 4) is 0 Å². The molecule has 1 saturated heterocycles. The number of thioether (sulfide) groups is 1. The van der Waals surface area contributed by atoms with Crippen molar-refractivity contribution in [2.75, 3.05) is 18.8 Å². The molecule has 0 unspecified atom stereocenters. The zero-order valence-corrected chi connectivity index (χ0v) is 10.7. The van der Waals surface area contributed by atoms with Gasteiger partial charge in [-0.2, -0.15) is 0 Å². The van der Waals surface area contributed by atoms with E-state index in [1.54, 1.807) is 0 Å². The van der Waals surface area contributed by atoms with Gasteiger partial charge in [0.1, 0.15) is 0 Å². The maximum atomic E-state index is 3.48. The molecule has 0 bridgehead atoms. The molecule has 0 amide bonds. The van der Waals surface area contributed by atoms with E-state index >= 15 is 0 Å². The third-order valence-electron chi connectivity index (χ3n) is 3.44. The van der Waals surface area contributed by atoms with Crippen LogP contribution in [0.3, 0.4) is 0 Å². The minimum Gasteiger partial charge on any atom is -0.350 e. The number of hydrogen-bond acceptors (Lipinski definition) is 2. The monoisotopic (exact) mass is 246 g/mol. The Bertz CT molecular complexity index is 453. The van der Waals surface area contributed by atoms with Crippen molar-refractivity contribution in [2.45, 2.75) is 17.9 Å². The number of aromatic amines is 1. The van der Waals surface area contributed by atoms with Crippen molar-refractivity contribution in [3.05, 3.63) is 30.3 Å². The van der Waals surface area contributed by atoms with Crippen LogP contribution in [0.4, 0.5) is 0 Å². The van der Waals surface area contributed by atoms with Crippen LogP contribution in [-0.4, -0.2) is 23.8 Å². The van der Waals surface area contributed by atoms with Gasteiger partial charge in [0.15, 0.2) is 0 Å². The number of piperidine rings is 1. The van der Waals surface area contributed by atoms with Crippen molar-refractivity contribution in [3.63, 3.8) is 0 Å². The largest absolute Gasteiger partial charge is 0.350 e. The van der Waals surface area contributed by atoms with E-state index in [4.69, 9.17) is 0 Å². The summed E-state index contributed by atoms with van der Waals surface area (Å²) in [5.41, 5.74) is 1.25. The number of benzene rings is 1. The quantitative estimate of drug-likeness (QED) is 0.814. The van der Waals surface area contributed by atoms with Crippen LogP contribution in [0.1, 0.15) is 12.8 Å².